The molecule has 2 heteroatoms. The van der Waals surface area contributed by atoms with E-state index < -0.39 is 0 Å². The first-order valence-electron chi connectivity index (χ1n) is 5.83. The van der Waals surface area contributed by atoms with Crippen LogP contribution in [0.5, 0.6) is 0 Å². The van der Waals surface area contributed by atoms with Crippen molar-refractivity contribution in [3.8, 4) is 0 Å². The van der Waals surface area contributed by atoms with Crippen LogP contribution < -0.4 is 0 Å². The zero-order valence-corrected chi connectivity index (χ0v) is 11.3. The molecule has 0 aromatic carbocycles. The molecule has 1 amide bonds. The van der Waals surface area contributed by atoms with E-state index in [1.165, 1.54) is 0 Å². The Bertz CT molecular complexity index is 111. The van der Waals surface area contributed by atoms with Gasteiger partial charge in [-0.15, -0.1) is 0 Å². The van der Waals surface area contributed by atoms with Crippen molar-refractivity contribution in [2.75, 3.05) is 13.1 Å². The van der Waals surface area contributed by atoms with E-state index in [2.05, 4.69) is 13.8 Å². The summed E-state index contributed by atoms with van der Waals surface area (Å²) in [7, 11) is 0. The third kappa shape index (κ3) is 14.0. The van der Waals surface area contributed by atoms with Gasteiger partial charge < -0.3 is 4.90 Å². The van der Waals surface area contributed by atoms with Crippen LogP contribution in [-0.2, 0) is 4.79 Å². The molecule has 0 aliphatic carbocycles. The van der Waals surface area contributed by atoms with Gasteiger partial charge >= 0.3 is 0 Å². The fourth-order valence-electron chi connectivity index (χ4n) is 0.921. The van der Waals surface area contributed by atoms with Crippen LogP contribution in [0.1, 0.15) is 55.4 Å². The summed E-state index contributed by atoms with van der Waals surface area (Å²) >= 11 is 0. The molecule has 0 atom stereocenters. The Kier molecular flexibility index (Phi) is 20.4. The summed E-state index contributed by atoms with van der Waals surface area (Å²) in [5, 5.41) is 0. The standard InChI is InChI=1S/C8H17NO.2C2H6/c1-5-9(8(4)10)6-7(2)3;2*1-2/h7H,5-6H2,1-4H3;2*1-2H3. The number of rotatable bonds is 3. The fraction of sp³-hybridized carbons (Fsp3) is 0.917. The van der Waals surface area contributed by atoms with E-state index in [-0.39, 0.29) is 5.91 Å². The van der Waals surface area contributed by atoms with Crippen molar-refractivity contribution in [2.45, 2.75) is 55.4 Å². The van der Waals surface area contributed by atoms with Crippen LogP contribution in [0.2, 0.25) is 0 Å². The third-order valence-electron chi connectivity index (χ3n) is 1.41. The Morgan fingerprint density at radius 2 is 1.50 bits per heavy atom. The van der Waals surface area contributed by atoms with E-state index in [0.717, 1.165) is 13.1 Å². The largest absolute Gasteiger partial charge is 0.343 e. The average Bonchev–Trinajstić information content (AvgIpc) is 2.19. The molecule has 0 aromatic rings. The van der Waals surface area contributed by atoms with E-state index in [0.29, 0.717) is 5.92 Å². The Morgan fingerprint density at radius 1 is 1.14 bits per heavy atom. The van der Waals surface area contributed by atoms with Crippen molar-refractivity contribution < 1.29 is 4.79 Å². The Morgan fingerprint density at radius 3 is 1.57 bits per heavy atom. The third-order valence-corrected chi connectivity index (χ3v) is 1.41. The van der Waals surface area contributed by atoms with Crippen LogP contribution in [-0.4, -0.2) is 23.9 Å². The van der Waals surface area contributed by atoms with Gasteiger partial charge in [0.2, 0.25) is 5.91 Å². The van der Waals surface area contributed by atoms with Gasteiger partial charge in [-0.1, -0.05) is 41.5 Å². The van der Waals surface area contributed by atoms with E-state index >= 15 is 0 Å². The molecule has 0 unspecified atom stereocenters. The highest BCUT2D eigenvalue weighted by atomic mass is 16.2. The Balaban J connectivity index is -0.000000266. The SMILES string of the molecule is CC.CC.CCN(CC(C)C)C(C)=O. The maximum atomic E-state index is 10.8. The maximum absolute atomic E-state index is 10.8. The zero-order chi connectivity index (χ0) is 12.1. The molecule has 0 radical (unpaired) electrons. The van der Waals surface area contributed by atoms with Crippen LogP contribution in [0, 0.1) is 5.92 Å². The van der Waals surface area contributed by atoms with Crippen LogP contribution in [0.4, 0.5) is 0 Å². The quantitative estimate of drug-likeness (QED) is 0.686. The molecule has 0 fully saturated rings. The van der Waals surface area contributed by atoms with Crippen molar-refractivity contribution in [2.24, 2.45) is 5.92 Å². The predicted molar refractivity (Wildman–Crippen MR) is 65.5 cm³/mol. The summed E-state index contributed by atoms with van der Waals surface area (Å²) < 4.78 is 0. The molecule has 0 aromatic heterocycles. The van der Waals surface area contributed by atoms with Gasteiger partial charge in [-0.2, -0.15) is 0 Å². The van der Waals surface area contributed by atoms with Gasteiger partial charge in [0.15, 0.2) is 0 Å². The van der Waals surface area contributed by atoms with Gasteiger partial charge in [-0.25, -0.2) is 0 Å². The van der Waals surface area contributed by atoms with Gasteiger partial charge in [-0.3, -0.25) is 4.79 Å². The summed E-state index contributed by atoms with van der Waals surface area (Å²) in [5.74, 6) is 0.750. The predicted octanol–water partition coefficient (Wildman–Crippen LogP) is 3.56. The van der Waals surface area contributed by atoms with Gasteiger partial charge in [-0.05, 0) is 12.8 Å². The molecule has 0 saturated carbocycles. The maximum Gasteiger partial charge on any atom is 0.219 e. The van der Waals surface area contributed by atoms with E-state index in [1.807, 2.05) is 39.5 Å². The molecule has 0 aliphatic heterocycles. The van der Waals surface area contributed by atoms with Crippen LogP contribution in [0.15, 0.2) is 0 Å². The molecule has 88 valence electrons. The Labute approximate surface area is 90.7 Å². The molecule has 0 rings (SSSR count). The van der Waals surface area contributed by atoms with Gasteiger partial charge in [0.1, 0.15) is 0 Å². The summed E-state index contributed by atoms with van der Waals surface area (Å²) in [6.45, 7) is 17.6. The topological polar surface area (TPSA) is 20.3 Å². The van der Waals surface area contributed by atoms with Gasteiger partial charge in [0.05, 0.1) is 0 Å². The lowest BCUT2D eigenvalue weighted by Gasteiger charge is -2.20. The summed E-state index contributed by atoms with van der Waals surface area (Å²) in [6.07, 6.45) is 0. The van der Waals surface area contributed by atoms with Crippen LogP contribution >= 0.6 is 0 Å². The average molecular weight is 203 g/mol. The normalized spacial score (nSPS) is 8.07. The highest BCUT2D eigenvalue weighted by molar-refractivity contribution is 5.73. The minimum atomic E-state index is 0.177. The second-order valence-electron chi connectivity index (χ2n) is 2.95. The molecular formula is C12H29NO. The van der Waals surface area contributed by atoms with Crippen molar-refractivity contribution in [1.29, 1.82) is 0 Å². The number of carbonyl (C=O) groups is 1. The number of amides is 1. The van der Waals surface area contributed by atoms with Crippen molar-refractivity contribution >= 4 is 5.91 Å². The minimum Gasteiger partial charge on any atom is -0.343 e. The molecule has 2 nitrogen and oxygen atoms in total. The molecule has 0 saturated heterocycles. The van der Waals surface area contributed by atoms with Crippen LogP contribution in [0.25, 0.3) is 0 Å². The van der Waals surface area contributed by atoms with Crippen LogP contribution in [0.3, 0.4) is 0 Å². The lowest BCUT2D eigenvalue weighted by Crippen LogP contribution is -2.31. The second kappa shape index (κ2) is 15.0. The van der Waals surface area contributed by atoms with Gasteiger partial charge in [0, 0.05) is 20.0 Å². The monoisotopic (exact) mass is 203 g/mol. The summed E-state index contributed by atoms with van der Waals surface area (Å²) in [5.41, 5.74) is 0. The molecule has 14 heavy (non-hydrogen) atoms. The van der Waals surface area contributed by atoms with E-state index in [4.69, 9.17) is 0 Å². The second-order valence-corrected chi connectivity index (χ2v) is 2.95. The Hall–Kier alpha value is -0.530. The summed E-state index contributed by atoms with van der Waals surface area (Å²) in [6, 6.07) is 0. The molecule has 0 spiro atoms. The number of hydrogen-bond donors (Lipinski definition) is 0. The highest BCUT2D eigenvalue weighted by Gasteiger charge is 2.06. The first-order valence-corrected chi connectivity index (χ1v) is 5.83. The van der Waals surface area contributed by atoms with Crippen molar-refractivity contribution in [3.05, 3.63) is 0 Å². The smallest absolute Gasteiger partial charge is 0.219 e. The van der Waals surface area contributed by atoms with E-state index in [9.17, 15) is 4.79 Å². The summed E-state index contributed by atoms with van der Waals surface area (Å²) in [4.78, 5) is 12.7. The lowest BCUT2D eigenvalue weighted by atomic mass is 10.2. The molecule has 0 heterocycles. The van der Waals surface area contributed by atoms with Crippen molar-refractivity contribution in [3.63, 3.8) is 0 Å². The zero-order valence-electron chi connectivity index (χ0n) is 11.3. The molecular weight excluding hydrogens is 174 g/mol. The first-order chi connectivity index (χ1) is 6.57. The molecule has 0 N–H and O–H groups in total. The number of nitrogens with zero attached hydrogens (tertiary/aromatic N) is 1. The first kappa shape index (κ1) is 19.1. The van der Waals surface area contributed by atoms with Crippen molar-refractivity contribution in [1.82, 2.24) is 4.90 Å². The fourth-order valence-corrected chi connectivity index (χ4v) is 0.921. The van der Waals surface area contributed by atoms with Gasteiger partial charge in [0.25, 0.3) is 0 Å². The van der Waals surface area contributed by atoms with E-state index in [1.54, 1.807) is 6.92 Å². The lowest BCUT2D eigenvalue weighted by molar-refractivity contribution is -0.129. The number of carbonyl (C=O) groups excluding carboxylic acids is 1. The molecule has 0 bridgehead atoms. The minimum absolute atomic E-state index is 0.177. The molecule has 0 aliphatic rings. The highest BCUT2D eigenvalue weighted by Crippen LogP contribution is 1.97. The number of hydrogen-bond acceptors (Lipinski definition) is 1.